The smallest absolute Gasteiger partial charge is 0.226 e. The van der Waals surface area contributed by atoms with Crippen molar-refractivity contribution in [1.82, 2.24) is 5.32 Å². The standard InChI is InChI=1S/C51H57N3O5SSi/c1-50(2,3)61(7,8)59-36-41(35-58-51(38-16-10-9-11-17-38,39-22-26-42(56-5)27-23-39)40-24-28-43(57-6)29-25-40)52-48(55)31-33-54-32-30-37(44-18-12-13-19-45(44)54)34-49-53(4)46-20-14-15-21-47(46)60-49/h9-30,32,34,41H,31,33,35-36H2,1-8H3/p+1/t41-/m1/s1. The summed E-state index contributed by atoms with van der Waals surface area (Å²) in [4.78, 5) is 17.6. The normalized spacial score (nSPS) is 14.2. The number of nitrogens with one attached hydrogen (secondary N) is 1. The number of hydrogen-bond donors (Lipinski definition) is 1. The lowest BCUT2D eigenvalue weighted by atomic mass is 9.80. The summed E-state index contributed by atoms with van der Waals surface area (Å²) in [6.45, 7) is 12.2. The van der Waals surface area contributed by atoms with E-state index in [0.717, 1.165) is 44.7 Å². The number of aromatic nitrogens is 1. The third kappa shape index (κ3) is 9.58. The van der Waals surface area contributed by atoms with Gasteiger partial charge in [-0.25, -0.2) is 0 Å². The Morgan fingerprint density at radius 1 is 0.770 bits per heavy atom. The Balaban J connectivity index is 1.16. The van der Waals surface area contributed by atoms with Crippen LogP contribution in [0.25, 0.3) is 17.0 Å². The topological polar surface area (TPSA) is 73.1 Å². The number of hydrogen-bond acceptors (Lipinski definition) is 7. The van der Waals surface area contributed by atoms with E-state index in [0.29, 0.717) is 13.2 Å². The fraction of sp³-hybridized carbons (Fsp3) is 0.294. The van der Waals surface area contributed by atoms with Crippen LogP contribution >= 0.6 is 11.8 Å². The number of benzene rings is 5. The van der Waals surface area contributed by atoms with E-state index >= 15 is 0 Å². The molecule has 1 aliphatic heterocycles. The number of fused-ring (bicyclic) bond motifs is 2. The van der Waals surface area contributed by atoms with Crippen molar-refractivity contribution >= 4 is 48.7 Å². The summed E-state index contributed by atoms with van der Waals surface area (Å²) in [7, 11) is 3.25. The van der Waals surface area contributed by atoms with Crippen molar-refractivity contribution in [1.29, 1.82) is 0 Å². The highest BCUT2D eigenvalue weighted by Crippen LogP contribution is 2.46. The molecular weight excluding hydrogens is 795 g/mol. The largest absolute Gasteiger partial charge is 0.497 e. The van der Waals surface area contributed by atoms with Crippen LogP contribution in [0.1, 0.15) is 49.4 Å². The zero-order valence-corrected chi connectivity index (χ0v) is 38.4. The first-order chi connectivity index (χ1) is 29.3. The minimum Gasteiger partial charge on any atom is -0.497 e. The van der Waals surface area contributed by atoms with E-state index in [1.165, 1.54) is 15.6 Å². The quantitative estimate of drug-likeness (QED) is 0.0591. The van der Waals surface area contributed by atoms with E-state index in [1.54, 1.807) is 26.0 Å². The maximum Gasteiger partial charge on any atom is 0.226 e. The van der Waals surface area contributed by atoms with Crippen molar-refractivity contribution in [2.75, 3.05) is 39.4 Å². The average Bonchev–Trinajstić information content (AvgIpc) is 3.59. The molecule has 1 amide bonds. The zero-order chi connectivity index (χ0) is 43.2. The molecular formula is C51H58N3O5SSi+. The molecule has 8 nitrogen and oxygen atoms in total. The maximum absolute atomic E-state index is 14.1. The molecule has 1 atom stereocenters. The van der Waals surface area contributed by atoms with Gasteiger partial charge in [-0.2, -0.15) is 4.57 Å². The van der Waals surface area contributed by atoms with E-state index in [-0.39, 0.29) is 24.0 Å². The lowest BCUT2D eigenvalue weighted by Gasteiger charge is -2.39. The monoisotopic (exact) mass is 852 g/mol. The van der Waals surface area contributed by atoms with Gasteiger partial charge in [-0.05, 0) is 88.9 Å². The molecule has 2 heterocycles. The number of nitrogens with zero attached hydrogens (tertiary/aromatic N) is 2. The van der Waals surface area contributed by atoms with Crippen LogP contribution in [0.4, 0.5) is 5.69 Å². The third-order valence-corrected chi connectivity index (χ3v) is 17.7. The minimum absolute atomic E-state index is 0.0158. The molecule has 6 aromatic rings. The number of para-hydroxylation sites is 2. The highest BCUT2D eigenvalue weighted by molar-refractivity contribution is 8.03. The van der Waals surface area contributed by atoms with E-state index in [9.17, 15) is 4.79 Å². The van der Waals surface area contributed by atoms with Gasteiger partial charge in [0.1, 0.15) is 17.1 Å². The van der Waals surface area contributed by atoms with Crippen molar-refractivity contribution in [3.63, 3.8) is 0 Å². The number of carbonyl (C=O) groups is 1. The number of pyridine rings is 1. The fourth-order valence-electron chi connectivity index (χ4n) is 7.49. The average molecular weight is 853 g/mol. The number of rotatable bonds is 16. The number of thioether (sulfide) groups is 1. The lowest BCUT2D eigenvalue weighted by Crippen LogP contribution is -2.49. The molecule has 0 saturated heterocycles. The Bertz CT molecular complexity index is 2420. The Morgan fingerprint density at radius 2 is 1.36 bits per heavy atom. The van der Waals surface area contributed by atoms with Crippen molar-refractivity contribution in [3.05, 3.63) is 167 Å². The number of ether oxygens (including phenoxy) is 3. The van der Waals surface area contributed by atoms with Gasteiger partial charge < -0.3 is 28.9 Å². The number of amides is 1. The molecule has 0 fully saturated rings. The van der Waals surface area contributed by atoms with E-state index in [4.69, 9.17) is 18.6 Å². The first-order valence-electron chi connectivity index (χ1n) is 20.9. The second-order valence-corrected chi connectivity index (χ2v) is 22.9. The van der Waals surface area contributed by atoms with Crippen LogP contribution in [-0.4, -0.2) is 54.7 Å². The summed E-state index contributed by atoms with van der Waals surface area (Å²) in [5.41, 5.74) is 5.17. The van der Waals surface area contributed by atoms with Crippen molar-refractivity contribution in [3.8, 4) is 11.5 Å². The van der Waals surface area contributed by atoms with Crippen LogP contribution in [0.2, 0.25) is 18.1 Å². The molecule has 1 N–H and O–H groups in total. The van der Waals surface area contributed by atoms with E-state index < -0.39 is 20.0 Å². The minimum atomic E-state index is -2.20. The summed E-state index contributed by atoms with van der Waals surface area (Å²) in [5, 5.41) is 5.65. The molecule has 316 valence electrons. The van der Waals surface area contributed by atoms with Crippen molar-refractivity contribution < 1.29 is 28.0 Å². The van der Waals surface area contributed by atoms with Gasteiger partial charge in [0, 0.05) is 24.1 Å². The van der Waals surface area contributed by atoms with Gasteiger partial charge in [-0.3, -0.25) is 4.79 Å². The van der Waals surface area contributed by atoms with Crippen LogP contribution in [0.3, 0.4) is 0 Å². The molecule has 5 aromatic carbocycles. The van der Waals surface area contributed by atoms with Gasteiger partial charge in [-0.1, -0.05) is 111 Å². The second-order valence-electron chi connectivity index (χ2n) is 17.0. The molecule has 0 unspecified atom stereocenters. The number of carbonyl (C=O) groups excluding carboxylic acids is 1. The van der Waals surface area contributed by atoms with Gasteiger partial charge >= 0.3 is 0 Å². The van der Waals surface area contributed by atoms with Crippen LogP contribution in [0.15, 0.2) is 150 Å². The predicted octanol–water partition coefficient (Wildman–Crippen LogP) is 10.6. The first kappa shape index (κ1) is 43.7. The van der Waals surface area contributed by atoms with Gasteiger partial charge in [-0.15, -0.1) is 0 Å². The van der Waals surface area contributed by atoms with Gasteiger partial charge in [0.15, 0.2) is 21.1 Å². The second kappa shape index (κ2) is 18.7. The molecule has 10 heteroatoms. The van der Waals surface area contributed by atoms with Gasteiger partial charge in [0.25, 0.3) is 0 Å². The summed E-state index contributed by atoms with van der Waals surface area (Å²) in [5.74, 6) is 1.42. The summed E-state index contributed by atoms with van der Waals surface area (Å²) in [6.07, 6.45) is 4.62. The Hall–Kier alpha value is -5.39. The first-order valence-corrected chi connectivity index (χ1v) is 24.6. The summed E-state index contributed by atoms with van der Waals surface area (Å²) < 4.78 is 27.4. The molecule has 1 aromatic heterocycles. The summed E-state index contributed by atoms with van der Waals surface area (Å²) >= 11 is 1.78. The molecule has 0 radical (unpaired) electrons. The van der Waals surface area contributed by atoms with Gasteiger partial charge in [0.05, 0.1) is 56.0 Å². The van der Waals surface area contributed by atoms with Gasteiger partial charge in [0.2, 0.25) is 11.4 Å². The van der Waals surface area contributed by atoms with E-state index in [2.05, 4.69) is 135 Å². The van der Waals surface area contributed by atoms with Crippen molar-refractivity contribution in [2.45, 2.75) is 68.4 Å². The molecule has 0 spiro atoms. The predicted molar refractivity (Wildman–Crippen MR) is 251 cm³/mol. The molecule has 0 aliphatic carbocycles. The highest BCUT2D eigenvalue weighted by atomic mass is 32.2. The number of anilines is 1. The highest BCUT2D eigenvalue weighted by Gasteiger charge is 2.41. The SMILES string of the molecule is COc1ccc(C(OC[C@H](CO[Si](C)(C)C(C)(C)C)NC(=O)CC[n+]2ccc(C=C3Sc4ccccc4N3C)c3ccccc32)(c2ccccc2)c2ccc(OC)cc2)cc1. The van der Waals surface area contributed by atoms with Crippen LogP contribution in [0.5, 0.6) is 11.5 Å². The molecule has 0 saturated carbocycles. The molecule has 1 aliphatic rings. The maximum atomic E-state index is 14.1. The Morgan fingerprint density at radius 3 is 1.98 bits per heavy atom. The molecule has 61 heavy (non-hydrogen) atoms. The summed E-state index contributed by atoms with van der Waals surface area (Å²) in [6, 6.07) is 44.8. The van der Waals surface area contributed by atoms with Crippen LogP contribution in [-0.2, 0) is 26.1 Å². The van der Waals surface area contributed by atoms with Crippen LogP contribution < -0.4 is 24.3 Å². The third-order valence-electron chi connectivity index (χ3n) is 12.1. The number of aryl methyl sites for hydroxylation is 1. The molecule has 7 rings (SSSR count). The fourth-order valence-corrected chi connectivity index (χ4v) is 9.64. The van der Waals surface area contributed by atoms with E-state index in [1.807, 2.05) is 66.7 Å². The Kier molecular flexibility index (Phi) is 13.4. The lowest BCUT2D eigenvalue weighted by molar-refractivity contribution is -0.670. The zero-order valence-electron chi connectivity index (χ0n) is 36.6. The number of methoxy groups -OCH3 is 2. The molecule has 0 bridgehead atoms. The Labute approximate surface area is 366 Å². The van der Waals surface area contributed by atoms with Crippen molar-refractivity contribution in [2.24, 2.45) is 0 Å². The van der Waals surface area contributed by atoms with Crippen LogP contribution in [0, 0.1) is 0 Å².